The number of H-pyrrole nitrogens is 1. The van der Waals surface area contributed by atoms with Crippen molar-refractivity contribution in [1.82, 2.24) is 20.0 Å². The molecule has 0 aliphatic carbocycles. The molecule has 1 fully saturated rings. The predicted octanol–water partition coefficient (Wildman–Crippen LogP) is 2.93. The number of anilines is 1. The van der Waals surface area contributed by atoms with Gasteiger partial charge in [0.25, 0.3) is 5.91 Å². The summed E-state index contributed by atoms with van der Waals surface area (Å²) in [6.07, 6.45) is 3.15. The first-order chi connectivity index (χ1) is 14.5. The van der Waals surface area contributed by atoms with Crippen molar-refractivity contribution < 1.29 is 9.59 Å². The number of hydrogen-bond donors (Lipinski definition) is 2. The van der Waals surface area contributed by atoms with E-state index in [9.17, 15) is 9.59 Å². The molecule has 2 aliphatic heterocycles. The number of likely N-dealkylation sites (tertiary alicyclic amines) is 1. The zero-order chi connectivity index (χ0) is 21.0. The van der Waals surface area contributed by atoms with E-state index in [0.29, 0.717) is 19.6 Å². The highest BCUT2D eigenvalue weighted by Crippen LogP contribution is 2.39. The molecule has 0 atom stereocenters. The number of fused-ring (bicyclic) bond motifs is 2. The van der Waals surface area contributed by atoms with Crippen molar-refractivity contribution in [2.75, 3.05) is 25.5 Å². The number of carbonyl (C=O) groups is 2. The Bertz CT molecular complexity index is 1210. The molecular formula is C23H23N5O2. The first-order valence-electron chi connectivity index (χ1n) is 10.0. The van der Waals surface area contributed by atoms with Crippen molar-refractivity contribution in [2.45, 2.75) is 19.5 Å². The lowest BCUT2D eigenvalue weighted by molar-refractivity contribution is -0.132. The molecule has 0 radical (unpaired) electrons. The Morgan fingerprint density at radius 1 is 1.33 bits per heavy atom. The highest BCUT2D eigenvalue weighted by molar-refractivity contribution is 6.04. The smallest absolute Gasteiger partial charge is 0.254 e. The number of aromatic amines is 1. The molecule has 3 heterocycles. The zero-order valence-corrected chi connectivity index (χ0v) is 17.0. The largest absolute Gasteiger partial charge is 0.388 e. The number of aryl methyl sites for hydroxylation is 1. The topological polar surface area (TPSA) is 81.3 Å². The summed E-state index contributed by atoms with van der Waals surface area (Å²) in [4.78, 5) is 28.6. The second-order valence-corrected chi connectivity index (χ2v) is 7.92. The Hall–Kier alpha value is -3.61. The second-order valence-electron chi connectivity index (χ2n) is 7.92. The third-order valence-electron chi connectivity index (χ3n) is 6.25. The van der Waals surface area contributed by atoms with Gasteiger partial charge in [0.2, 0.25) is 5.91 Å². The first kappa shape index (κ1) is 18.4. The van der Waals surface area contributed by atoms with Gasteiger partial charge in [-0.15, -0.1) is 0 Å². The average molecular weight is 401 g/mol. The van der Waals surface area contributed by atoms with Gasteiger partial charge in [0.15, 0.2) is 0 Å². The Morgan fingerprint density at radius 3 is 2.87 bits per heavy atom. The summed E-state index contributed by atoms with van der Waals surface area (Å²) in [7, 11) is 1.88. The van der Waals surface area contributed by atoms with Crippen molar-refractivity contribution in [3.8, 4) is 11.1 Å². The maximum Gasteiger partial charge on any atom is 0.254 e. The molecular weight excluding hydrogens is 378 g/mol. The van der Waals surface area contributed by atoms with E-state index in [1.165, 1.54) is 6.08 Å². The van der Waals surface area contributed by atoms with Crippen LogP contribution in [0.4, 0.5) is 5.69 Å². The quantitative estimate of drug-likeness (QED) is 0.659. The summed E-state index contributed by atoms with van der Waals surface area (Å²) in [5.41, 5.74) is 6.87. The fraction of sp³-hybridized carbons (Fsp3) is 0.261. The maximum atomic E-state index is 13.3. The Labute approximate surface area is 174 Å². The molecule has 1 saturated heterocycles. The minimum Gasteiger partial charge on any atom is -0.388 e. The van der Waals surface area contributed by atoms with Gasteiger partial charge in [0, 0.05) is 48.9 Å². The lowest BCUT2D eigenvalue weighted by Crippen LogP contribution is -2.60. The number of aromatic nitrogens is 2. The van der Waals surface area contributed by atoms with Crippen LogP contribution in [0.25, 0.3) is 22.0 Å². The lowest BCUT2D eigenvalue weighted by Gasteiger charge is -2.43. The van der Waals surface area contributed by atoms with Crippen LogP contribution >= 0.6 is 0 Å². The summed E-state index contributed by atoms with van der Waals surface area (Å²) in [6.45, 7) is 7.27. The number of carbonyl (C=O) groups excluding carboxylic acids is 2. The summed E-state index contributed by atoms with van der Waals surface area (Å²) in [5.74, 6) is -0.0617. The molecule has 5 rings (SSSR count). The minimum atomic E-state index is -0.0858. The van der Waals surface area contributed by atoms with Gasteiger partial charge < -0.3 is 15.1 Å². The molecule has 3 aromatic rings. The second kappa shape index (κ2) is 6.73. The molecule has 7 heteroatoms. The van der Waals surface area contributed by atoms with Gasteiger partial charge in [-0.1, -0.05) is 12.6 Å². The Morgan fingerprint density at radius 2 is 2.13 bits per heavy atom. The molecule has 0 unspecified atom stereocenters. The predicted molar refractivity (Wildman–Crippen MR) is 116 cm³/mol. The molecule has 0 bridgehead atoms. The van der Waals surface area contributed by atoms with Crippen LogP contribution in [0.15, 0.2) is 43.1 Å². The molecule has 152 valence electrons. The Balaban J connectivity index is 1.53. The molecule has 2 N–H and O–H groups in total. The van der Waals surface area contributed by atoms with E-state index < -0.39 is 0 Å². The van der Waals surface area contributed by atoms with Gasteiger partial charge in [-0.05, 0) is 47.9 Å². The fourth-order valence-corrected chi connectivity index (χ4v) is 4.56. The van der Waals surface area contributed by atoms with Crippen LogP contribution in [-0.2, 0) is 11.3 Å². The normalized spacial score (nSPS) is 16.0. The SMILES string of the molecule is C=CC(=O)N1CC(N2Cc3c(NC)cc(-c4c(C)ccc5[nH]ncc45)cc3C2=O)C1. The van der Waals surface area contributed by atoms with E-state index in [0.717, 1.165) is 44.4 Å². The van der Waals surface area contributed by atoms with Crippen LogP contribution < -0.4 is 5.32 Å². The molecule has 30 heavy (non-hydrogen) atoms. The van der Waals surface area contributed by atoms with Crippen molar-refractivity contribution in [3.63, 3.8) is 0 Å². The summed E-state index contributed by atoms with van der Waals surface area (Å²) in [6, 6.07) is 8.24. The molecule has 0 spiro atoms. The highest BCUT2D eigenvalue weighted by atomic mass is 16.2. The van der Waals surface area contributed by atoms with E-state index >= 15 is 0 Å². The van der Waals surface area contributed by atoms with Crippen molar-refractivity contribution >= 4 is 28.4 Å². The van der Waals surface area contributed by atoms with E-state index in [4.69, 9.17) is 0 Å². The van der Waals surface area contributed by atoms with Gasteiger partial charge in [-0.25, -0.2) is 0 Å². The highest BCUT2D eigenvalue weighted by Gasteiger charge is 2.41. The van der Waals surface area contributed by atoms with Gasteiger partial charge in [0.05, 0.1) is 17.8 Å². The number of rotatable bonds is 4. The third-order valence-corrected chi connectivity index (χ3v) is 6.25. The monoisotopic (exact) mass is 401 g/mol. The van der Waals surface area contributed by atoms with Gasteiger partial charge >= 0.3 is 0 Å². The van der Waals surface area contributed by atoms with Gasteiger partial charge in [0.1, 0.15) is 0 Å². The van der Waals surface area contributed by atoms with E-state index in [-0.39, 0.29) is 17.9 Å². The van der Waals surface area contributed by atoms with E-state index in [1.54, 1.807) is 4.90 Å². The molecule has 2 amide bonds. The molecule has 7 nitrogen and oxygen atoms in total. The number of nitrogens with zero attached hydrogens (tertiary/aromatic N) is 3. The van der Waals surface area contributed by atoms with Crippen LogP contribution in [0.2, 0.25) is 0 Å². The molecule has 2 aliphatic rings. The molecule has 0 saturated carbocycles. The van der Waals surface area contributed by atoms with Crippen molar-refractivity contribution in [2.24, 2.45) is 0 Å². The van der Waals surface area contributed by atoms with Crippen LogP contribution in [0.1, 0.15) is 21.5 Å². The van der Waals surface area contributed by atoms with Crippen LogP contribution in [0, 0.1) is 6.92 Å². The summed E-state index contributed by atoms with van der Waals surface area (Å²) in [5, 5.41) is 11.5. The number of benzene rings is 2. The van der Waals surface area contributed by atoms with Crippen molar-refractivity contribution in [1.29, 1.82) is 0 Å². The van der Waals surface area contributed by atoms with Crippen LogP contribution in [0.3, 0.4) is 0 Å². The zero-order valence-electron chi connectivity index (χ0n) is 17.0. The summed E-state index contributed by atoms with van der Waals surface area (Å²) < 4.78 is 0. The molecule has 2 aromatic carbocycles. The number of hydrogen-bond acceptors (Lipinski definition) is 4. The average Bonchev–Trinajstić information content (AvgIpc) is 3.31. The lowest BCUT2D eigenvalue weighted by atomic mass is 9.93. The number of amides is 2. The third kappa shape index (κ3) is 2.62. The maximum absolute atomic E-state index is 13.3. The van der Waals surface area contributed by atoms with E-state index in [2.05, 4.69) is 41.1 Å². The Kier molecular flexibility index (Phi) is 4.13. The fourth-order valence-electron chi connectivity index (χ4n) is 4.56. The van der Waals surface area contributed by atoms with Gasteiger partial charge in [-0.2, -0.15) is 5.10 Å². The number of nitrogens with one attached hydrogen (secondary N) is 2. The molecule has 1 aromatic heterocycles. The minimum absolute atomic E-state index is 0.0241. The summed E-state index contributed by atoms with van der Waals surface area (Å²) >= 11 is 0. The van der Waals surface area contributed by atoms with Crippen LogP contribution in [0.5, 0.6) is 0 Å². The van der Waals surface area contributed by atoms with E-state index in [1.807, 2.05) is 30.3 Å². The first-order valence-corrected chi connectivity index (χ1v) is 10.0. The van der Waals surface area contributed by atoms with Gasteiger partial charge in [-0.3, -0.25) is 14.7 Å². The van der Waals surface area contributed by atoms with Crippen LogP contribution in [-0.4, -0.2) is 58.0 Å². The van der Waals surface area contributed by atoms with Crippen molar-refractivity contribution in [3.05, 3.63) is 59.8 Å². The standard InChI is InChI=1S/C23H23N5O2/c1-4-21(29)27-10-15(11-27)28-12-18-16(23(28)30)7-14(8-20(18)24-3)22-13(2)5-6-19-17(22)9-25-26-19/h4-9,15,24H,1,10-12H2,2-3H3,(H,25,26).